The maximum Gasteiger partial charge on any atom is 0.0494 e. The molecule has 0 nitrogen and oxygen atoms in total. The van der Waals surface area contributed by atoms with E-state index in [0.717, 1.165) is 0 Å². The molecule has 0 aromatic heterocycles. The number of thioether (sulfide) groups is 1. The van der Waals surface area contributed by atoms with Gasteiger partial charge in [-0.3, -0.25) is 0 Å². The molecule has 0 aromatic carbocycles. The summed E-state index contributed by atoms with van der Waals surface area (Å²) in [6.07, 6.45) is 8.92. The topological polar surface area (TPSA) is 0 Å². The molecule has 1 aliphatic heterocycles. The van der Waals surface area contributed by atoms with Crippen LogP contribution in [0.2, 0.25) is 0 Å². The molecule has 0 bridgehead atoms. The summed E-state index contributed by atoms with van der Waals surface area (Å²) in [6.45, 7) is 2.25. The van der Waals surface area contributed by atoms with E-state index in [1.165, 1.54) is 0 Å². The van der Waals surface area contributed by atoms with Crippen LogP contribution in [0.25, 0.3) is 0 Å². The Morgan fingerprint density at radius 3 is 2.60 bits per heavy atom. The van der Waals surface area contributed by atoms with E-state index in [9.17, 15) is 0 Å². The average Bonchev–Trinajstić information content (AvgIpc) is 2.12. The van der Waals surface area contributed by atoms with Crippen LogP contribution >= 0.6 is 11.8 Å². The van der Waals surface area contributed by atoms with Gasteiger partial charge in [0.1, 0.15) is 0 Å². The summed E-state index contributed by atoms with van der Waals surface area (Å²) in [4.78, 5) is 0. The zero-order chi connectivity index (χ0) is 6.97. The first-order valence-corrected chi connectivity index (χ1v) is 4.52. The Morgan fingerprint density at radius 1 is 1.40 bits per heavy atom. The minimum atomic E-state index is 0.669. The van der Waals surface area contributed by atoms with Gasteiger partial charge in [-0.2, -0.15) is 0 Å². The minimum Gasteiger partial charge on any atom is -0.122 e. The summed E-state index contributed by atoms with van der Waals surface area (Å²) in [6, 6.07) is 0. The lowest BCUT2D eigenvalue weighted by Crippen LogP contribution is -2.10. The van der Waals surface area contributed by atoms with Crippen LogP contribution < -0.4 is 0 Å². The quantitative estimate of drug-likeness (QED) is 0.554. The van der Waals surface area contributed by atoms with E-state index in [0.29, 0.717) is 11.2 Å². The molecule has 1 heteroatoms. The number of hydrogen-bond acceptors (Lipinski definition) is 1. The largest absolute Gasteiger partial charge is 0.122 e. The molecule has 1 aliphatic carbocycles. The van der Waals surface area contributed by atoms with Gasteiger partial charge in [0.15, 0.2) is 0 Å². The molecule has 1 unspecified atom stereocenters. The van der Waals surface area contributed by atoms with E-state index in [-0.39, 0.29) is 0 Å². The van der Waals surface area contributed by atoms with Gasteiger partial charge in [0.25, 0.3) is 0 Å². The predicted octanol–water partition coefficient (Wildman–Crippen LogP) is 2.75. The lowest BCUT2D eigenvalue weighted by Gasteiger charge is -2.21. The first-order chi connectivity index (χ1) is 4.88. The summed E-state index contributed by atoms with van der Waals surface area (Å²) >= 11 is 1.92. The van der Waals surface area contributed by atoms with Crippen molar-refractivity contribution >= 4 is 11.8 Å². The van der Waals surface area contributed by atoms with E-state index in [4.69, 9.17) is 0 Å². The van der Waals surface area contributed by atoms with Crippen LogP contribution in [0, 0.1) is 5.92 Å². The van der Waals surface area contributed by atoms with Crippen molar-refractivity contribution < 1.29 is 0 Å². The van der Waals surface area contributed by atoms with Crippen molar-refractivity contribution in [2.45, 2.75) is 12.2 Å². The highest BCUT2D eigenvalue weighted by Crippen LogP contribution is 2.36. The molecular weight excluding hydrogens is 140 g/mol. The lowest BCUT2D eigenvalue weighted by molar-refractivity contribution is 0.854. The Morgan fingerprint density at radius 2 is 2.20 bits per heavy atom. The molecule has 0 fully saturated rings. The normalized spacial score (nSPS) is 35.9. The van der Waals surface area contributed by atoms with E-state index in [2.05, 4.69) is 36.6 Å². The zero-order valence-corrected chi connectivity index (χ0v) is 6.77. The Balaban J connectivity index is 2.13. The third-order valence-corrected chi connectivity index (χ3v) is 3.06. The van der Waals surface area contributed by atoms with Crippen LogP contribution in [0.3, 0.4) is 0 Å². The molecule has 0 saturated heterocycles. The smallest absolute Gasteiger partial charge is 0.0494 e. The van der Waals surface area contributed by atoms with Crippen LogP contribution in [-0.4, -0.2) is 5.25 Å². The van der Waals surface area contributed by atoms with Crippen molar-refractivity contribution in [2.75, 3.05) is 0 Å². The van der Waals surface area contributed by atoms with E-state index >= 15 is 0 Å². The van der Waals surface area contributed by atoms with Gasteiger partial charge >= 0.3 is 0 Å². The van der Waals surface area contributed by atoms with Crippen molar-refractivity contribution in [3.8, 4) is 0 Å². The average molecular weight is 150 g/mol. The molecule has 0 aromatic rings. The minimum absolute atomic E-state index is 0.669. The third-order valence-electron chi connectivity index (χ3n) is 2.02. The Hall–Kier alpha value is -0.430. The van der Waals surface area contributed by atoms with Crippen LogP contribution in [0.1, 0.15) is 6.92 Å². The Labute approximate surface area is 65.7 Å². The molecular formula is C9H10S. The molecule has 0 radical (unpaired) electrons. The van der Waals surface area contributed by atoms with Crippen LogP contribution in [-0.2, 0) is 0 Å². The second-order valence-corrected chi connectivity index (χ2v) is 3.78. The molecule has 2 rings (SSSR count). The fraction of sp³-hybridized carbons (Fsp3) is 0.333. The number of allylic oxidation sites excluding steroid dienone is 3. The van der Waals surface area contributed by atoms with Crippen molar-refractivity contribution in [1.82, 2.24) is 0 Å². The monoisotopic (exact) mass is 150 g/mol. The lowest BCUT2D eigenvalue weighted by atomic mass is 10.0. The molecule has 1 heterocycles. The molecule has 10 heavy (non-hydrogen) atoms. The summed E-state index contributed by atoms with van der Waals surface area (Å²) in [5, 5.41) is 2.85. The highest BCUT2D eigenvalue weighted by molar-refractivity contribution is 8.04. The first kappa shape index (κ1) is 6.29. The van der Waals surface area contributed by atoms with Gasteiger partial charge in [-0.25, -0.2) is 0 Å². The van der Waals surface area contributed by atoms with Gasteiger partial charge < -0.3 is 0 Å². The van der Waals surface area contributed by atoms with Crippen LogP contribution in [0.4, 0.5) is 0 Å². The number of hydrogen-bond donors (Lipinski definition) is 0. The Kier molecular flexibility index (Phi) is 1.46. The SMILES string of the molecule is C[C@@H]1C=CC=C1C1C=CS1. The molecule has 0 saturated carbocycles. The highest BCUT2D eigenvalue weighted by Gasteiger charge is 2.21. The van der Waals surface area contributed by atoms with Crippen molar-refractivity contribution in [1.29, 1.82) is 0 Å². The van der Waals surface area contributed by atoms with Crippen molar-refractivity contribution in [3.63, 3.8) is 0 Å². The summed E-state index contributed by atoms with van der Waals surface area (Å²) in [5.41, 5.74) is 1.56. The third kappa shape index (κ3) is 0.853. The molecule has 2 aliphatic rings. The highest BCUT2D eigenvalue weighted by atomic mass is 32.2. The number of rotatable bonds is 1. The van der Waals surface area contributed by atoms with Crippen LogP contribution in [0.15, 0.2) is 35.3 Å². The van der Waals surface area contributed by atoms with Crippen molar-refractivity contribution in [2.24, 2.45) is 5.92 Å². The van der Waals surface area contributed by atoms with Gasteiger partial charge in [0.05, 0.1) is 0 Å². The van der Waals surface area contributed by atoms with Gasteiger partial charge in [0, 0.05) is 5.25 Å². The first-order valence-electron chi connectivity index (χ1n) is 3.58. The molecule has 0 spiro atoms. The zero-order valence-electron chi connectivity index (χ0n) is 5.95. The van der Waals surface area contributed by atoms with Gasteiger partial charge in [0.2, 0.25) is 0 Å². The van der Waals surface area contributed by atoms with Gasteiger partial charge in [-0.1, -0.05) is 31.2 Å². The predicted molar refractivity (Wildman–Crippen MR) is 46.9 cm³/mol. The molecule has 0 amide bonds. The summed E-state index contributed by atoms with van der Waals surface area (Å²) in [5.74, 6) is 0.669. The van der Waals surface area contributed by atoms with Gasteiger partial charge in [-0.05, 0) is 16.9 Å². The van der Waals surface area contributed by atoms with E-state index in [1.807, 2.05) is 11.8 Å². The van der Waals surface area contributed by atoms with Crippen LogP contribution in [0.5, 0.6) is 0 Å². The fourth-order valence-electron chi connectivity index (χ4n) is 1.30. The molecule has 0 N–H and O–H groups in total. The Bertz CT molecular complexity index is 223. The fourth-order valence-corrected chi connectivity index (χ4v) is 2.06. The molecule has 2 atom stereocenters. The van der Waals surface area contributed by atoms with Gasteiger partial charge in [-0.15, -0.1) is 11.8 Å². The van der Waals surface area contributed by atoms with E-state index < -0.39 is 0 Å². The van der Waals surface area contributed by atoms with E-state index in [1.54, 1.807) is 5.57 Å². The summed E-state index contributed by atoms with van der Waals surface area (Å²) in [7, 11) is 0. The maximum absolute atomic E-state index is 2.26. The standard InChI is InChI=1S/C9H10S/c1-7-3-2-4-8(7)9-5-6-10-9/h2-7,9H,1H3/t7-,9?/m1/s1. The van der Waals surface area contributed by atoms with Crippen molar-refractivity contribution in [3.05, 3.63) is 35.3 Å². The second kappa shape index (κ2) is 2.31. The molecule has 52 valence electrons. The summed E-state index contributed by atoms with van der Waals surface area (Å²) < 4.78 is 0. The maximum atomic E-state index is 2.26. The second-order valence-electron chi connectivity index (χ2n) is 2.73.